The summed E-state index contributed by atoms with van der Waals surface area (Å²) in [6, 6.07) is 6.27. The van der Waals surface area contributed by atoms with Gasteiger partial charge in [-0.1, -0.05) is 12.1 Å². The minimum atomic E-state index is 0.867. The Hall–Kier alpha value is -1.28. The van der Waals surface area contributed by atoms with Gasteiger partial charge in [0.05, 0.1) is 0 Å². The van der Waals surface area contributed by atoms with Crippen LogP contribution in [0.25, 0.3) is 5.57 Å². The monoisotopic (exact) mass is 202 g/mol. The maximum Gasteiger partial charge on any atom is 0.0320 e. The van der Waals surface area contributed by atoms with Crippen LogP contribution < -0.4 is 11.1 Å². The van der Waals surface area contributed by atoms with Crippen molar-refractivity contribution in [3.63, 3.8) is 0 Å². The molecule has 0 fully saturated rings. The van der Waals surface area contributed by atoms with E-state index in [9.17, 15) is 0 Å². The van der Waals surface area contributed by atoms with Crippen molar-refractivity contribution >= 4 is 11.3 Å². The molecule has 0 bridgehead atoms. The van der Waals surface area contributed by atoms with Crippen molar-refractivity contribution in [1.82, 2.24) is 5.32 Å². The van der Waals surface area contributed by atoms with E-state index in [1.807, 2.05) is 13.1 Å². The number of rotatable bonds is 2. The summed E-state index contributed by atoms with van der Waals surface area (Å²) in [5.74, 6) is 0. The summed E-state index contributed by atoms with van der Waals surface area (Å²) in [7, 11) is 1.97. The number of fused-ring (bicyclic) bond motifs is 1. The van der Waals surface area contributed by atoms with Crippen LogP contribution in [0.1, 0.15) is 24.0 Å². The molecular formula is C13H18N2. The van der Waals surface area contributed by atoms with Crippen LogP contribution in [0, 0.1) is 0 Å². The van der Waals surface area contributed by atoms with Crippen molar-refractivity contribution in [3.05, 3.63) is 35.4 Å². The van der Waals surface area contributed by atoms with Gasteiger partial charge in [0.2, 0.25) is 0 Å². The molecule has 2 heteroatoms. The first-order valence-electron chi connectivity index (χ1n) is 5.53. The van der Waals surface area contributed by atoms with Crippen LogP contribution in [-0.2, 0) is 6.42 Å². The van der Waals surface area contributed by atoms with Crippen molar-refractivity contribution in [2.24, 2.45) is 0 Å². The Morgan fingerprint density at radius 3 is 3.07 bits per heavy atom. The van der Waals surface area contributed by atoms with E-state index in [1.165, 1.54) is 36.0 Å². The van der Waals surface area contributed by atoms with E-state index < -0.39 is 0 Å². The number of hydrogen-bond donors (Lipinski definition) is 2. The third kappa shape index (κ3) is 2.21. The summed E-state index contributed by atoms with van der Waals surface area (Å²) < 4.78 is 0. The van der Waals surface area contributed by atoms with E-state index in [4.69, 9.17) is 5.73 Å². The molecule has 0 amide bonds. The number of anilines is 1. The van der Waals surface area contributed by atoms with Gasteiger partial charge in [-0.2, -0.15) is 0 Å². The molecule has 15 heavy (non-hydrogen) atoms. The van der Waals surface area contributed by atoms with E-state index in [-0.39, 0.29) is 0 Å². The molecule has 80 valence electrons. The minimum absolute atomic E-state index is 0.867. The molecule has 0 radical (unpaired) electrons. The maximum atomic E-state index is 5.83. The molecule has 2 rings (SSSR count). The molecule has 3 N–H and O–H groups in total. The number of aryl methyl sites for hydroxylation is 1. The number of nitrogens with one attached hydrogen (secondary N) is 1. The molecule has 1 aliphatic rings. The second-order valence-electron chi connectivity index (χ2n) is 4.06. The summed E-state index contributed by atoms with van der Waals surface area (Å²) >= 11 is 0. The van der Waals surface area contributed by atoms with Gasteiger partial charge in [0.15, 0.2) is 0 Å². The molecule has 0 saturated carbocycles. The van der Waals surface area contributed by atoms with E-state index in [1.54, 1.807) is 0 Å². The molecule has 0 unspecified atom stereocenters. The van der Waals surface area contributed by atoms with Crippen LogP contribution in [0.3, 0.4) is 0 Å². The number of nitrogens with two attached hydrogens (primary N) is 1. The highest BCUT2D eigenvalue weighted by Crippen LogP contribution is 2.31. The molecule has 1 aromatic rings. The van der Waals surface area contributed by atoms with E-state index in [2.05, 4.69) is 23.5 Å². The van der Waals surface area contributed by atoms with E-state index >= 15 is 0 Å². The molecule has 1 aliphatic carbocycles. The Morgan fingerprint density at radius 2 is 2.27 bits per heavy atom. The highest BCUT2D eigenvalue weighted by molar-refractivity contribution is 5.72. The number of hydrogen-bond acceptors (Lipinski definition) is 2. The van der Waals surface area contributed by atoms with Crippen molar-refractivity contribution in [1.29, 1.82) is 0 Å². The first kappa shape index (κ1) is 10.2. The largest absolute Gasteiger partial charge is 0.399 e. The lowest BCUT2D eigenvalue weighted by Crippen LogP contribution is -2.08. The third-order valence-corrected chi connectivity index (χ3v) is 2.92. The van der Waals surface area contributed by atoms with E-state index in [0.29, 0.717) is 0 Å². The second-order valence-corrected chi connectivity index (χ2v) is 4.06. The van der Waals surface area contributed by atoms with Gasteiger partial charge in [0.25, 0.3) is 0 Å². The maximum absolute atomic E-state index is 5.83. The van der Waals surface area contributed by atoms with Gasteiger partial charge in [0, 0.05) is 12.2 Å². The van der Waals surface area contributed by atoms with Gasteiger partial charge in [0.1, 0.15) is 0 Å². The van der Waals surface area contributed by atoms with Gasteiger partial charge in [-0.15, -0.1) is 0 Å². The van der Waals surface area contributed by atoms with E-state index in [0.717, 1.165) is 12.2 Å². The topological polar surface area (TPSA) is 38.0 Å². The second kappa shape index (κ2) is 4.49. The van der Waals surface area contributed by atoms with Gasteiger partial charge >= 0.3 is 0 Å². The average molecular weight is 202 g/mol. The van der Waals surface area contributed by atoms with Crippen molar-refractivity contribution in [2.75, 3.05) is 19.3 Å². The summed E-state index contributed by atoms with van der Waals surface area (Å²) in [6.45, 7) is 0.934. The Labute approximate surface area is 91.2 Å². The first-order chi connectivity index (χ1) is 7.31. The zero-order valence-electron chi connectivity index (χ0n) is 9.22. The quantitative estimate of drug-likeness (QED) is 0.722. The van der Waals surface area contributed by atoms with Gasteiger partial charge in [-0.25, -0.2) is 0 Å². The zero-order chi connectivity index (χ0) is 10.7. The van der Waals surface area contributed by atoms with Crippen LogP contribution in [-0.4, -0.2) is 13.6 Å². The fourth-order valence-corrected chi connectivity index (χ4v) is 2.15. The lowest BCUT2D eigenvalue weighted by Gasteiger charge is -2.19. The Balaban J connectivity index is 2.36. The van der Waals surface area contributed by atoms with Crippen molar-refractivity contribution < 1.29 is 0 Å². The van der Waals surface area contributed by atoms with Gasteiger partial charge in [-0.3, -0.25) is 0 Å². The zero-order valence-corrected chi connectivity index (χ0v) is 9.22. The summed E-state index contributed by atoms with van der Waals surface area (Å²) in [5, 5.41) is 3.15. The summed E-state index contributed by atoms with van der Waals surface area (Å²) in [6.07, 6.45) is 5.90. The predicted octanol–water partition coefficient (Wildman–Crippen LogP) is 2.21. The van der Waals surface area contributed by atoms with Crippen molar-refractivity contribution in [3.8, 4) is 0 Å². The molecule has 2 nitrogen and oxygen atoms in total. The van der Waals surface area contributed by atoms with Crippen LogP contribution in [0.5, 0.6) is 0 Å². The molecule has 0 saturated heterocycles. The standard InChI is InChI=1S/C13H18N2/c1-15-8-7-11-4-2-3-10-5-6-12(14)9-13(10)11/h5-7,9,15H,2-4,8,14H2,1H3/b11-7+. The lowest BCUT2D eigenvalue weighted by atomic mass is 9.87. The molecule has 0 heterocycles. The van der Waals surface area contributed by atoms with Crippen LogP contribution in [0.2, 0.25) is 0 Å². The third-order valence-electron chi connectivity index (χ3n) is 2.92. The highest BCUT2D eigenvalue weighted by atomic mass is 14.8. The number of benzene rings is 1. The Kier molecular flexibility index (Phi) is 3.07. The SMILES string of the molecule is CNC/C=C1\CCCc2ccc(N)cc21. The Morgan fingerprint density at radius 1 is 1.40 bits per heavy atom. The van der Waals surface area contributed by atoms with Crippen LogP contribution in [0.15, 0.2) is 24.3 Å². The fraction of sp³-hybridized carbons (Fsp3) is 0.385. The number of likely N-dealkylation sites (N-methyl/N-ethyl adjacent to an activating group) is 1. The number of allylic oxidation sites excluding steroid dienone is 1. The summed E-state index contributed by atoms with van der Waals surface area (Å²) in [5.41, 5.74) is 10.9. The summed E-state index contributed by atoms with van der Waals surface area (Å²) in [4.78, 5) is 0. The normalized spacial score (nSPS) is 17.8. The average Bonchev–Trinajstić information content (AvgIpc) is 2.26. The molecule has 0 aromatic heterocycles. The van der Waals surface area contributed by atoms with Gasteiger partial charge < -0.3 is 11.1 Å². The highest BCUT2D eigenvalue weighted by Gasteiger charge is 2.13. The molecule has 0 atom stereocenters. The van der Waals surface area contributed by atoms with Gasteiger partial charge in [-0.05, 0) is 55.1 Å². The fourth-order valence-electron chi connectivity index (χ4n) is 2.15. The molecule has 1 aromatic carbocycles. The molecule has 0 spiro atoms. The minimum Gasteiger partial charge on any atom is -0.399 e. The van der Waals surface area contributed by atoms with Crippen molar-refractivity contribution in [2.45, 2.75) is 19.3 Å². The number of nitrogen functional groups attached to an aromatic ring is 1. The molecular weight excluding hydrogens is 184 g/mol. The predicted molar refractivity (Wildman–Crippen MR) is 65.7 cm³/mol. The molecule has 0 aliphatic heterocycles. The van der Waals surface area contributed by atoms with Crippen LogP contribution in [0.4, 0.5) is 5.69 Å². The first-order valence-corrected chi connectivity index (χ1v) is 5.53. The Bertz CT molecular complexity index is 380. The lowest BCUT2D eigenvalue weighted by molar-refractivity contribution is 0.816. The van der Waals surface area contributed by atoms with Crippen LogP contribution >= 0.6 is 0 Å². The smallest absolute Gasteiger partial charge is 0.0320 e.